The van der Waals surface area contributed by atoms with Crippen LogP contribution in [0.25, 0.3) is 0 Å². The van der Waals surface area contributed by atoms with E-state index in [1.807, 2.05) is 13.8 Å². The maximum atomic E-state index is 5.43. The van der Waals surface area contributed by atoms with E-state index in [4.69, 9.17) is 5.84 Å². The van der Waals surface area contributed by atoms with Crippen molar-refractivity contribution in [3.05, 3.63) is 11.4 Å². The van der Waals surface area contributed by atoms with Gasteiger partial charge in [-0.25, -0.2) is 15.8 Å². The number of aryl methyl sites for hydroxylation is 1. The van der Waals surface area contributed by atoms with E-state index in [1.54, 1.807) is 0 Å². The van der Waals surface area contributed by atoms with Gasteiger partial charge in [0.05, 0.1) is 0 Å². The van der Waals surface area contributed by atoms with Crippen LogP contribution < -0.4 is 16.6 Å². The highest BCUT2D eigenvalue weighted by Crippen LogP contribution is 2.18. The van der Waals surface area contributed by atoms with Crippen LogP contribution in [0.5, 0.6) is 0 Å². The fourth-order valence-corrected chi connectivity index (χ4v) is 1.55. The molecule has 0 saturated carbocycles. The van der Waals surface area contributed by atoms with E-state index in [0.717, 1.165) is 24.5 Å². The Labute approximate surface area is 109 Å². The van der Waals surface area contributed by atoms with Gasteiger partial charge in [-0.1, -0.05) is 0 Å². The van der Waals surface area contributed by atoms with Crippen molar-refractivity contribution in [2.75, 3.05) is 30.9 Å². The minimum absolute atomic E-state index is 0.543. The van der Waals surface area contributed by atoms with Gasteiger partial charge < -0.3 is 15.6 Å². The first-order chi connectivity index (χ1) is 8.45. The van der Waals surface area contributed by atoms with Crippen molar-refractivity contribution >= 4 is 11.6 Å². The van der Waals surface area contributed by atoms with Crippen molar-refractivity contribution in [1.29, 1.82) is 0 Å². The second-order valence-corrected chi connectivity index (χ2v) is 4.74. The van der Waals surface area contributed by atoms with Crippen LogP contribution in [0, 0.1) is 13.8 Å². The Hall–Kier alpha value is -1.40. The molecule has 0 aliphatic rings. The molecular formula is C12H24N6. The standard InChI is InChI=1S/C12H24N6/c1-8(2)18(5)7-6-14-11-9(3)12(17-13)16-10(4)15-11/h8H,6-7,13H2,1-5H3,(H2,14,15,16,17). The summed E-state index contributed by atoms with van der Waals surface area (Å²) in [6.07, 6.45) is 0. The number of aromatic nitrogens is 2. The Morgan fingerprint density at radius 3 is 2.39 bits per heavy atom. The molecule has 1 aromatic heterocycles. The summed E-state index contributed by atoms with van der Waals surface area (Å²) in [5.41, 5.74) is 3.53. The van der Waals surface area contributed by atoms with Crippen LogP contribution >= 0.6 is 0 Å². The van der Waals surface area contributed by atoms with Gasteiger partial charge in [0.25, 0.3) is 0 Å². The van der Waals surface area contributed by atoms with E-state index in [1.165, 1.54) is 0 Å². The van der Waals surface area contributed by atoms with Crippen molar-refractivity contribution in [1.82, 2.24) is 14.9 Å². The van der Waals surface area contributed by atoms with E-state index < -0.39 is 0 Å². The summed E-state index contributed by atoms with van der Waals surface area (Å²) in [6.45, 7) is 9.96. The molecule has 1 rings (SSSR count). The quantitative estimate of drug-likeness (QED) is 0.520. The third-order valence-corrected chi connectivity index (χ3v) is 3.03. The first kappa shape index (κ1) is 14.7. The molecule has 0 atom stereocenters. The lowest BCUT2D eigenvalue weighted by Gasteiger charge is -2.21. The Kier molecular flexibility index (Phi) is 5.30. The number of nitrogens with one attached hydrogen (secondary N) is 2. The van der Waals surface area contributed by atoms with E-state index in [2.05, 4.69) is 46.5 Å². The van der Waals surface area contributed by atoms with Gasteiger partial charge in [-0.3, -0.25) is 0 Å². The lowest BCUT2D eigenvalue weighted by molar-refractivity contribution is 0.284. The Morgan fingerprint density at radius 1 is 1.22 bits per heavy atom. The average Bonchev–Trinajstić information content (AvgIpc) is 2.32. The molecule has 0 aliphatic heterocycles. The van der Waals surface area contributed by atoms with Crippen molar-refractivity contribution in [3.63, 3.8) is 0 Å². The number of hydrogen-bond donors (Lipinski definition) is 3. The highest BCUT2D eigenvalue weighted by molar-refractivity contribution is 5.56. The van der Waals surface area contributed by atoms with Gasteiger partial charge in [-0.05, 0) is 34.7 Å². The first-order valence-electron chi connectivity index (χ1n) is 6.21. The zero-order chi connectivity index (χ0) is 13.7. The van der Waals surface area contributed by atoms with Crippen LogP contribution in [-0.2, 0) is 0 Å². The monoisotopic (exact) mass is 252 g/mol. The van der Waals surface area contributed by atoms with Gasteiger partial charge >= 0.3 is 0 Å². The predicted octanol–water partition coefficient (Wildman–Crippen LogP) is 1.13. The van der Waals surface area contributed by atoms with Gasteiger partial charge in [-0.15, -0.1) is 0 Å². The number of nitrogen functional groups attached to an aromatic ring is 1. The lowest BCUT2D eigenvalue weighted by atomic mass is 10.3. The van der Waals surface area contributed by atoms with Gasteiger partial charge in [0.15, 0.2) is 0 Å². The van der Waals surface area contributed by atoms with Gasteiger partial charge in [-0.2, -0.15) is 0 Å². The zero-order valence-electron chi connectivity index (χ0n) is 11.9. The van der Waals surface area contributed by atoms with Crippen LogP contribution in [0.4, 0.5) is 11.6 Å². The molecule has 0 aromatic carbocycles. The van der Waals surface area contributed by atoms with Crippen LogP contribution in [0.3, 0.4) is 0 Å². The largest absolute Gasteiger partial charge is 0.368 e. The molecule has 4 N–H and O–H groups in total. The topological polar surface area (TPSA) is 79.1 Å². The molecule has 0 spiro atoms. The average molecular weight is 252 g/mol. The van der Waals surface area contributed by atoms with Crippen LogP contribution in [0.1, 0.15) is 25.2 Å². The van der Waals surface area contributed by atoms with E-state index >= 15 is 0 Å². The second kappa shape index (κ2) is 6.51. The summed E-state index contributed by atoms with van der Waals surface area (Å²) in [5, 5.41) is 3.33. The SMILES string of the molecule is Cc1nc(NN)c(C)c(NCCN(C)C(C)C)n1. The van der Waals surface area contributed by atoms with Crippen molar-refractivity contribution in [2.45, 2.75) is 33.7 Å². The summed E-state index contributed by atoms with van der Waals surface area (Å²) in [5.74, 6) is 7.64. The van der Waals surface area contributed by atoms with E-state index in [0.29, 0.717) is 17.7 Å². The van der Waals surface area contributed by atoms with E-state index in [9.17, 15) is 0 Å². The number of anilines is 2. The van der Waals surface area contributed by atoms with Crippen molar-refractivity contribution < 1.29 is 0 Å². The minimum Gasteiger partial charge on any atom is -0.368 e. The Balaban J connectivity index is 2.65. The molecule has 0 radical (unpaired) electrons. The number of rotatable bonds is 6. The molecule has 0 saturated heterocycles. The Morgan fingerprint density at radius 2 is 1.83 bits per heavy atom. The van der Waals surface area contributed by atoms with Gasteiger partial charge in [0, 0.05) is 24.7 Å². The summed E-state index contributed by atoms with van der Waals surface area (Å²) < 4.78 is 0. The number of likely N-dealkylation sites (N-methyl/N-ethyl adjacent to an activating group) is 1. The van der Waals surface area contributed by atoms with E-state index in [-0.39, 0.29) is 0 Å². The van der Waals surface area contributed by atoms with Crippen LogP contribution in [0.2, 0.25) is 0 Å². The molecule has 0 fully saturated rings. The summed E-state index contributed by atoms with van der Waals surface area (Å²) in [6, 6.07) is 0.543. The number of hydrazine groups is 1. The highest BCUT2D eigenvalue weighted by Gasteiger charge is 2.08. The molecule has 0 unspecified atom stereocenters. The number of hydrogen-bond acceptors (Lipinski definition) is 6. The molecule has 0 aliphatic carbocycles. The summed E-state index contributed by atoms with van der Waals surface area (Å²) in [7, 11) is 2.11. The van der Waals surface area contributed by atoms with Crippen LogP contribution in [-0.4, -0.2) is 41.0 Å². The lowest BCUT2D eigenvalue weighted by Crippen LogP contribution is -2.31. The zero-order valence-corrected chi connectivity index (χ0v) is 11.9. The first-order valence-corrected chi connectivity index (χ1v) is 6.21. The fraction of sp³-hybridized carbons (Fsp3) is 0.667. The normalized spacial score (nSPS) is 11.1. The maximum Gasteiger partial charge on any atom is 0.148 e. The fourth-order valence-electron chi connectivity index (χ4n) is 1.55. The van der Waals surface area contributed by atoms with Crippen molar-refractivity contribution in [2.24, 2.45) is 5.84 Å². The molecule has 102 valence electrons. The summed E-state index contributed by atoms with van der Waals surface area (Å²) in [4.78, 5) is 10.9. The number of nitrogens with zero attached hydrogens (tertiary/aromatic N) is 3. The Bertz CT molecular complexity index is 390. The van der Waals surface area contributed by atoms with Gasteiger partial charge in [0.2, 0.25) is 0 Å². The predicted molar refractivity (Wildman–Crippen MR) is 75.6 cm³/mol. The molecule has 18 heavy (non-hydrogen) atoms. The maximum absolute atomic E-state index is 5.43. The second-order valence-electron chi connectivity index (χ2n) is 4.74. The molecule has 1 heterocycles. The molecule has 6 heteroatoms. The molecular weight excluding hydrogens is 228 g/mol. The van der Waals surface area contributed by atoms with Gasteiger partial charge in [0.1, 0.15) is 17.5 Å². The minimum atomic E-state index is 0.543. The number of nitrogens with two attached hydrogens (primary N) is 1. The van der Waals surface area contributed by atoms with Crippen LogP contribution in [0.15, 0.2) is 0 Å². The molecule has 0 amide bonds. The summed E-state index contributed by atoms with van der Waals surface area (Å²) >= 11 is 0. The van der Waals surface area contributed by atoms with Crippen molar-refractivity contribution in [3.8, 4) is 0 Å². The third kappa shape index (κ3) is 3.82. The molecule has 1 aromatic rings. The smallest absolute Gasteiger partial charge is 0.148 e. The highest BCUT2D eigenvalue weighted by atomic mass is 15.3. The molecule has 0 bridgehead atoms. The third-order valence-electron chi connectivity index (χ3n) is 3.03. The molecule has 6 nitrogen and oxygen atoms in total.